The molecule has 0 aliphatic carbocycles. The number of benzene rings is 1. The molecule has 0 bridgehead atoms. The predicted octanol–water partition coefficient (Wildman–Crippen LogP) is 2.63. The van der Waals surface area contributed by atoms with E-state index < -0.39 is 0 Å². The summed E-state index contributed by atoms with van der Waals surface area (Å²) in [7, 11) is 0.0466. The van der Waals surface area contributed by atoms with Crippen molar-refractivity contribution in [2.24, 2.45) is 0 Å². The molecule has 1 rings (SSSR count). The van der Waals surface area contributed by atoms with Crippen LogP contribution in [0.1, 0.15) is 12.5 Å². The van der Waals surface area contributed by atoms with Gasteiger partial charge in [-0.05, 0) is 30.6 Å². The van der Waals surface area contributed by atoms with Crippen molar-refractivity contribution in [2.45, 2.75) is 6.92 Å². The van der Waals surface area contributed by atoms with E-state index in [0.29, 0.717) is 0 Å². The van der Waals surface area contributed by atoms with Gasteiger partial charge in [-0.3, -0.25) is 0 Å². The van der Waals surface area contributed by atoms with Crippen LogP contribution in [0.15, 0.2) is 24.3 Å². The Morgan fingerprint density at radius 1 is 1.18 bits per heavy atom. The first kappa shape index (κ1) is 8.74. The Labute approximate surface area is 70.4 Å². The molecular weight excluding hydrogens is 151 g/mol. The van der Waals surface area contributed by atoms with Gasteiger partial charge in [0.2, 0.25) is 0 Å². The summed E-state index contributed by atoms with van der Waals surface area (Å²) in [5.41, 5.74) is 1.39. The molecule has 0 N–H and O–H groups in total. The monoisotopic (exact) mass is 165 g/mol. The first-order chi connectivity index (χ1) is 5.25. The fourth-order valence-corrected chi connectivity index (χ4v) is 2.24. The second-order valence-electron chi connectivity index (χ2n) is 2.74. The third-order valence-corrected chi connectivity index (χ3v) is 3.10. The van der Waals surface area contributed by atoms with Gasteiger partial charge in [-0.25, -0.2) is 0 Å². The van der Waals surface area contributed by atoms with E-state index in [1.165, 1.54) is 10.9 Å². The van der Waals surface area contributed by atoms with Gasteiger partial charge < -0.3 is 0 Å². The summed E-state index contributed by atoms with van der Waals surface area (Å²) in [6, 6.07) is 8.61. The summed E-state index contributed by atoms with van der Waals surface area (Å²) in [5, 5.41) is 1.50. The Morgan fingerprint density at radius 3 is 2.27 bits per heavy atom. The van der Waals surface area contributed by atoms with Crippen molar-refractivity contribution in [1.82, 2.24) is 0 Å². The first-order valence-electron chi connectivity index (χ1n) is 3.81. The van der Waals surface area contributed by atoms with Gasteiger partial charge in [0.25, 0.3) is 0 Å². The SMILES string of the molecule is C[CH]c1ccccc1P(C)C. The van der Waals surface area contributed by atoms with Gasteiger partial charge in [-0.2, -0.15) is 0 Å². The molecule has 0 nitrogen and oxygen atoms in total. The van der Waals surface area contributed by atoms with E-state index >= 15 is 0 Å². The van der Waals surface area contributed by atoms with E-state index in [9.17, 15) is 0 Å². The zero-order chi connectivity index (χ0) is 8.27. The highest BCUT2D eigenvalue weighted by molar-refractivity contribution is 7.64. The topological polar surface area (TPSA) is 0 Å². The Bertz CT molecular complexity index is 228. The standard InChI is InChI=1S/C10H14P/c1-4-9-7-5-6-8-10(9)11(2)3/h4-8H,1-3H3. The Balaban J connectivity index is 3.02. The molecular formula is C10H14P. The van der Waals surface area contributed by atoms with E-state index in [-0.39, 0.29) is 7.92 Å². The molecule has 0 unspecified atom stereocenters. The van der Waals surface area contributed by atoms with Gasteiger partial charge in [-0.1, -0.05) is 39.1 Å². The van der Waals surface area contributed by atoms with E-state index in [2.05, 4.69) is 50.9 Å². The van der Waals surface area contributed by atoms with Gasteiger partial charge in [0, 0.05) is 0 Å². The fraction of sp³-hybridized carbons (Fsp3) is 0.300. The second-order valence-corrected chi connectivity index (χ2v) is 5.01. The summed E-state index contributed by atoms with van der Waals surface area (Å²) in [5.74, 6) is 0. The third kappa shape index (κ3) is 2.04. The van der Waals surface area contributed by atoms with Crippen LogP contribution in [0.5, 0.6) is 0 Å². The van der Waals surface area contributed by atoms with Crippen molar-refractivity contribution < 1.29 is 0 Å². The molecule has 0 aromatic heterocycles. The zero-order valence-corrected chi connectivity index (χ0v) is 8.23. The average Bonchev–Trinajstić information content (AvgIpc) is 2.04. The molecule has 0 amide bonds. The second kappa shape index (κ2) is 3.88. The van der Waals surface area contributed by atoms with E-state index in [1.54, 1.807) is 0 Å². The smallest absolute Gasteiger partial charge is 0.0118 e. The third-order valence-electron chi connectivity index (χ3n) is 1.73. The minimum absolute atomic E-state index is 0.0466. The van der Waals surface area contributed by atoms with Crippen LogP contribution < -0.4 is 5.30 Å². The lowest BCUT2D eigenvalue weighted by atomic mass is 10.2. The number of hydrogen-bond acceptors (Lipinski definition) is 0. The predicted molar refractivity (Wildman–Crippen MR) is 53.9 cm³/mol. The lowest BCUT2D eigenvalue weighted by Gasteiger charge is -2.10. The zero-order valence-electron chi connectivity index (χ0n) is 7.33. The normalized spacial score (nSPS) is 10.5. The van der Waals surface area contributed by atoms with Crippen molar-refractivity contribution in [1.29, 1.82) is 0 Å². The molecule has 0 fully saturated rings. The van der Waals surface area contributed by atoms with Crippen LogP contribution in [0.25, 0.3) is 0 Å². The lowest BCUT2D eigenvalue weighted by molar-refractivity contribution is 1.45. The molecule has 11 heavy (non-hydrogen) atoms. The van der Waals surface area contributed by atoms with Crippen LogP contribution in [0, 0.1) is 6.42 Å². The molecule has 0 saturated carbocycles. The van der Waals surface area contributed by atoms with E-state index in [0.717, 1.165) is 0 Å². The molecule has 0 atom stereocenters. The lowest BCUT2D eigenvalue weighted by Crippen LogP contribution is -2.04. The summed E-state index contributed by atoms with van der Waals surface area (Å²) in [6.07, 6.45) is 2.18. The molecule has 1 aromatic rings. The molecule has 0 aliphatic rings. The average molecular weight is 165 g/mol. The Kier molecular flexibility index (Phi) is 3.08. The Morgan fingerprint density at radius 2 is 1.82 bits per heavy atom. The molecule has 0 spiro atoms. The van der Waals surface area contributed by atoms with E-state index in [1.807, 2.05) is 0 Å². The highest BCUT2D eigenvalue weighted by Crippen LogP contribution is 2.25. The maximum atomic E-state index is 2.29. The molecule has 1 radical (unpaired) electrons. The van der Waals surface area contributed by atoms with Crippen molar-refractivity contribution in [2.75, 3.05) is 13.3 Å². The van der Waals surface area contributed by atoms with Gasteiger partial charge >= 0.3 is 0 Å². The van der Waals surface area contributed by atoms with Gasteiger partial charge in [0.05, 0.1) is 0 Å². The molecule has 1 heteroatoms. The minimum atomic E-state index is 0.0466. The van der Waals surface area contributed by atoms with Gasteiger partial charge in [-0.15, -0.1) is 0 Å². The van der Waals surface area contributed by atoms with Crippen LogP contribution in [-0.2, 0) is 0 Å². The van der Waals surface area contributed by atoms with Crippen LogP contribution in [0.3, 0.4) is 0 Å². The fourth-order valence-electron chi connectivity index (χ4n) is 1.14. The first-order valence-corrected chi connectivity index (χ1v) is 6.05. The number of rotatable bonds is 2. The van der Waals surface area contributed by atoms with Crippen LogP contribution >= 0.6 is 7.92 Å². The number of hydrogen-bond donors (Lipinski definition) is 0. The van der Waals surface area contributed by atoms with Crippen molar-refractivity contribution in [3.05, 3.63) is 36.2 Å². The van der Waals surface area contributed by atoms with Crippen molar-refractivity contribution in [3.63, 3.8) is 0 Å². The Hall–Kier alpha value is -0.350. The summed E-state index contributed by atoms with van der Waals surface area (Å²) < 4.78 is 0. The van der Waals surface area contributed by atoms with Crippen LogP contribution in [0.2, 0.25) is 0 Å². The molecule has 59 valence electrons. The molecule has 1 aromatic carbocycles. The summed E-state index contributed by atoms with van der Waals surface area (Å²) in [4.78, 5) is 0. The molecule has 0 heterocycles. The van der Waals surface area contributed by atoms with Gasteiger partial charge in [0.1, 0.15) is 0 Å². The highest BCUT2D eigenvalue weighted by atomic mass is 31.1. The van der Waals surface area contributed by atoms with Crippen LogP contribution in [-0.4, -0.2) is 13.3 Å². The highest BCUT2D eigenvalue weighted by Gasteiger charge is 2.01. The summed E-state index contributed by atoms with van der Waals surface area (Å²) in [6.45, 7) is 6.67. The van der Waals surface area contributed by atoms with E-state index in [4.69, 9.17) is 0 Å². The van der Waals surface area contributed by atoms with Crippen molar-refractivity contribution >= 4 is 13.2 Å². The quantitative estimate of drug-likeness (QED) is 0.591. The largest absolute Gasteiger partial charge is 0.0814 e. The molecule has 0 saturated heterocycles. The van der Waals surface area contributed by atoms with Crippen molar-refractivity contribution in [3.8, 4) is 0 Å². The maximum absolute atomic E-state index is 2.29. The van der Waals surface area contributed by atoms with Gasteiger partial charge in [0.15, 0.2) is 0 Å². The minimum Gasteiger partial charge on any atom is -0.0814 e. The van der Waals surface area contributed by atoms with Crippen LogP contribution in [0.4, 0.5) is 0 Å². The molecule has 0 aliphatic heterocycles. The summed E-state index contributed by atoms with van der Waals surface area (Å²) >= 11 is 0. The maximum Gasteiger partial charge on any atom is -0.0118 e.